The number of anilines is 2. The van der Waals surface area contributed by atoms with Gasteiger partial charge in [0.1, 0.15) is 0 Å². The second kappa shape index (κ2) is 9.63. The smallest absolute Gasteiger partial charge is 0.338 e. The maximum atomic E-state index is 5.68. The van der Waals surface area contributed by atoms with Crippen LogP contribution in [0.5, 0.6) is 0 Å². The van der Waals surface area contributed by atoms with Crippen LogP contribution < -0.4 is 5.32 Å². The Morgan fingerprint density at radius 2 is 0.963 bits per heavy atom. The second-order valence-corrected chi connectivity index (χ2v) is 13.8. The van der Waals surface area contributed by atoms with Crippen molar-refractivity contribution < 1.29 is 17.7 Å². The maximum Gasteiger partial charge on any atom is 0.338 e. The number of para-hydroxylation sites is 2. The topological polar surface area (TPSA) is 49.0 Å². The molecule has 27 heavy (non-hydrogen) atoms. The Hall–Kier alpha value is -1.49. The molecule has 1 N–H and O–H groups in total. The summed E-state index contributed by atoms with van der Waals surface area (Å²) in [5.41, 5.74) is 4.50. The average molecular weight is 406 g/mol. The fourth-order valence-corrected chi connectivity index (χ4v) is 5.80. The molecule has 0 heterocycles. The van der Waals surface area contributed by atoms with Crippen LogP contribution in [-0.4, -0.2) is 45.6 Å². The molecule has 0 bridgehead atoms. The normalized spacial score (nSPS) is 12.2. The van der Waals surface area contributed by atoms with Crippen LogP contribution in [0, 0.1) is 0 Å². The Morgan fingerprint density at radius 3 is 1.30 bits per heavy atom. The summed E-state index contributed by atoms with van der Waals surface area (Å²) < 4.78 is 22.7. The molecular formula is C20H31NO4Si2. The molecule has 0 saturated carbocycles. The van der Waals surface area contributed by atoms with Crippen molar-refractivity contribution in [2.24, 2.45) is 0 Å². The lowest BCUT2D eigenvalue weighted by Crippen LogP contribution is -2.39. The summed E-state index contributed by atoms with van der Waals surface area (Å²) in [5.74, 6) is 0. The van der Waals surface area contributed by atoms with E-state index in [4.69, 9.17) is 17.7 Å². The molecule has 148 valence electrons. The molecule has 0 aliphatic rings. The van der Waals surface area contributed by atoms with Gasteiger partial charge < -0.3 is 23.0 Å². The first kappa shape index (κ1) is 21.8. The van der Waals surface area contributed by atoms with E-state index in [9.17, 15) is 0 Å². The summed E-state index contributed by atoms with van der Waals surface area (Å²) in [4.78, 5) is 0. The SMILES string of the molecule is CO[Si](C)(Cc1ccccc1Nc1ccccc1C[Si](C)(OC)OC)OC. The molecule has 0 aromatic heterocycles. The van der Waals surface area contributed by atoms with Crippen molar-refractivity contribution in [3.8, 4) is 0 Å². The van der Waals surface area contributed by atoms with Gasteiger partial charge >= 0.3 is 17.1 Å². The Labute approximate surface area is 165 Å². The molecule has 0 amide bonds. The minimum Gasteiger partial charge on any atom is -0.398 e. The van der Waals surface area contributed by atoms with Crippen LogP contribution in [0.15, 0.2) is 48.5 Å². The van der Waals surface area contributed by atoms with Gasteiger partial charge in [0, 0.05) is 51.9 Å². The third-order valence-corrected chi connectivity index (χ3v) is 10.6. The molecule has 0 fully saturated rings. The lowest BCUT2D eigenvalue weighted by atomic mass is 10.1. The van der Waals surface area contributed by atoms with E-state index in [1.165, 1.54) is 11.1 Å². The average Bonchev–Trinajstić information content (AvgIpc) is 2.70. The van der Waals surface area contributed by atoms with Crippen molar-refractivity contribution in [1.82, 2.24) is 0 Å². The van der Waals surface area contributed by atoms with Crippen LogP contribution in [0.25, 0.3) is 0 Å². The van der Waals surface area contributed by atoms with Gasteiger partial charge in [-0.25, -0.2) is 0 Å². The highest BCUT2D eigenvalue weighted by Gasteiger charge is 2.31. The zero-order valence-electron chi connectivity index (χ0n) is 17.2. The highest BCUT2D eigenvalue weighted by atomic mass is 28.4. The molecule has 0 saturated heterocycles. The number of hydrogen-bond acceptors (Lipinski definition) is 5. The van der Waals surface area contributed by atoms with E-state index < -0.39 is 17.1 Å². The standard InChI is InChI=1S/C20H31NO4Si2/c1-22-26(5,23-2)15-17-11-7-9-13-19(17)21-20-14-10-8-12-18(20)16-27(6,24-3)25-4/h7-14,21H,15-16H2,1-6H3. The molecule has 0 unspecified atom stereocenters. The van der Waals surface area contributed by atoms with Crippen molar-refractivity contribution in [1.29, 1.82) is 0 Å². The van der Waals surface area contributed by atoms with Gasteiger partial charge in [0.05, 0.1) is 0 Å². The Kier molecular flexibility index (Phi) is 7.78. The molecule has 0 aliphatic carbocycles. The minimum absolute atomic E-state index is 0.772. The number of rotatable bonds is 10. The third-order valence-electron chi connectivity index (χ3n) is 5.05. The summed E-state index contributed by atoms with van der Waals surface area (Å²) in [6.45, 7) is 4.15. The molecule has 7 heteroatoms. The van der Waals surface area contributed by atoms with E-state index in [-0.39, 0.29) is 0 Å². The van der Waals surface area contributed by atoms with Gasteiger partial charge in [-0.15, -0.1) is 0 Å². The van der Waals surface area contributed by atoms with Crippen LogP contribution in [0.3, 0.4) is 0 Å². The molecule has 2 rings (SSSR count). The molecular weight excluding hydrogens is 374 g/mol. The van der Waals surface area contributed by atoms with Crippen molar-refractivity contribution in [3.63, 3.8) is 0 Å². The second-order valence-electron chi connectivity index (χ2n) is 6.88. The van der Waals surface area contributed by atoms with Gasteiger partial charge in [-0.1, -0.05) is 36.4 Å². The lowest BCUT2D eigenvalue weighted by Gasteiger charge is -2.26. The molecule has 2 aromatic carbocycles. The largest absolute Gasteiger partial charge is 0.398 e. The third kappa shape index (κ3) is 5.74. The van der Waals surface area contributed by atoms with E-state index in [0.29, 0.717) is 0 Å². The first-order valence-electron chi connectivity index (χ1n) is 9.02. The lowest BCUT2D eigenvalue weighted by molar-refractivity contribution is 0.248. The Morgan fingerprint density at radius 1 is 0.630 bits per heavy atom. The highest BCUT2D eigenvalue weighted by Crippen LogP contribution is 2.28. The summed E-state index contributed by atoms with van der Waals surface area (Å²) in [5, 5.41) is 3.60. The van der Waals surface area contributed by atoms with E-state index in [2.05, 4.69) is 42.7 Å². The maximum absolute atomic E-state index is 5.68. The molecule has 0 atom stereocenters. The van der Waals surface area contributed by atoms with Crippen molar-refractivity contribution in [2.75, 3.05) is 33.8 Å². The number of benzene rings is 2. The van der Waals surface area contributed by atoms with E-state index in [1.807, 2.05) is 24.3 Å². The van der Waals surface area contributed by atoms with Crippen molar-refractivity contribution in [3.05, 3.63) is 59.7 Å². The summed E-state index contributed by atoms with van der Waals surface area (Å²) in [6, 6.07) is 18.1. The fraction of sp³-hybridized carbons (Fsp3) is 0.400. The van der Waals surface area contributed by atoms with Crippen molar-refractivity contribution >= 4 is 28.5 Å². The summed E-state index contributed by atoms with van der Waals surface area (Å²) >= 11 is 0. The summed E-state index contributed by atoms with van der Waals surface area (Å²) in [6.07, 6.45) is 0. The summed E-state index contributed by atoms with van der Waals surface area (Å²) in [7, 11) is 2.45. The number of hydrogen-bond donors (Lipinski definition) is 1. The Bertz CT molecular complexity index is 672. The first-order chi connectivity index (χ1) is 12.9. The quantitative estimate of drug-likeness (QED) is 0.597. The molecule has 5 nitrogen and oxygen atoms in total. The van der Waals surface area contributed by atoms with Gasteiger partial charge in [-0.05, 0) is 36.4 Å². The monoisotopic (exact) mass is 405 g/mol. The fourth-order valence-electron chi connectivity index (χ4n) is 2.89. The van der Waals surface area contributed by atoms with E-state index >= 15 is 0 Å². The minimum atomic E-state index is -2.22. The van der Waals surface area contributed by atoms with Gasteiger partial charge in [-0.2, -0.15) is 0 Å². The van der Waals surface area contributed by atoms with E-state index in [0.717, 1.165) is 23.5 Å². The Balaban J connectivity index is 2.31. The predicted molar refractivity (Wildman–Crippen MR) is 115 cm³/mol. The van der Waals surface area contributed by atoms with Crippen LogP contribution >= 0.6 is 0 Å². The van der Waals surface area contributed by atoms with Crippen LogP contribution in [0.1, 0.15) is 11.1 Å². The van der Waals surface area contributed by atoms with Gasteiger partial charge in [0.25, 0.3) is 0 Å². The first-order valence-corrected chi connectivity index (χ1v) is 14.1. The highest BCUT2D eigenvalue weighted by molar-refractivity contribution is 6.65. The zero-order valence-corrected chi connectivity index (χ0v) is 19.2. The van der Waals surface area contributed by atoms with Gasteiger partial charge in [0.2, 0.25) is 0 Å². The van der Waals surface area contributed by atoms with Crippen molar-refractivity contribution in [2.45, 2.75) is 25.2 Å². The molecule has 2 aromatic rings. The zero-order chi connectivity index (χ0) is 19.9. The van der Waals surface area contributed by atoms with E-state index in [1.54, 1.807) is 28.4 Å². The molecule has 0 aliphatic heterocycles. The molecule has 0 radical (unpaired) electrons. The van der Waals surface area contributed by atoms with Gasteiger partial charge in [0.15, 0.2) is 0 Å². The molecule has 0 spiro atoms. The van der Waals surface area contributed by atoms with Crippen LogP contribution in [-0.2, 0) is 29.8 Å². The van der Waals surface area contributed by atoms with Crippen LogP contribution in [0.2, 0.25) is 13.1 Å². The van der Waals surface area contributed by atoms with Crippen LogP contribution in [0.4, 0.5) is 11.4 Å². The predicted octanol–water partition coefficient (Wildman–Crippen LogP) is 4.32. The number of nitrogens with one attached hydrogen (secondary N) is 1. The van der Waals surface area contributed by atoms with Gasteiger partial charge in [-0.3, -0.25) is 0 Å².